The van der Waals surface area contributed by atoms with Crippen LogP contribution in [0.1, 0.15) is 36.8 Å². The first-order valence-corrected chi connectivity index (χ1v) is 14.7. The number of aliphatic hydroxyl groups excluding tert-OH is 1. The molecule has 3 aromatic heterocycles. The van der Waals surface area contributed by atoms with Gasteiger partial charge < -0.3 is 19.1 Å². The molecule has 210 valence electrons. The van der Waals surface area contributed by atoms with Crippen molar-refractivity contribution < 1.29 is 9.84 Å². The highest BCUT2D eigenvalue weighted by Gasteiger charge is 2.26. The third-order valence-corrected chi connectivity index (χ3v) is 8.86. The lowest BCUT2D eigenvalue weighted by molar-refractivity contribution is 0.173. The van der Waals surface area contributed by atoms with Gasteiger partial charge in [-0.15, -0.1) is 0 Å². The van der Waals surface area contributed by atoms with Gasteiger partial charge in [0.1, 0.15) is 11.4 Å². The molecule has 0 radical (unpaired) electrons. The predicted molar refractivity (Wildman–Crippen MR) is 158 cm³/mol. The Labute approximate surface area is 240 Å². The second kappa shape index (κ2) is 12.1. The van der Waals surface area contributed by atoms with Crippen LogP contribution in [-0.4, -0.2) is 69.2 Å². The van der Waals surface area contributed by atoms with Crippen LogP contribution in [0.15, 0.2) is 55.1 Å². The fraction of sp³-hybridized carbons (Fsp3) is 0.452. The fourth-order valence-electron chi connectivity index (χ4n) is 6.30. The van der Waals surface area contributed by atoms with Gasteiger partial charge in [0.2, 0.25) is 5.95 Å². The summed E-state index contributed by atoms with van der Waals surface area (Å²) in [5.74, 6) is 2.93. The molecule has 1 aromatic carbocycles. The summed E-state index contributed by atoms with van der Waals surface area (Å²) in [5.41, 5.74) is 4.61. The molecule has 8 nitrogen and oxygen atoms in total. The Bertz CT molecular complexity index is 1430. The third kappa shape index (κ3) is 5.94. The summed E-state index contributed by atoms with van der Waals surface area (Å²) < 4.78 is 7.35. The van der Waals surface area contributed by atoms with Gasteiger partial charge in [0.15, 0.2) is 0 Å². The van der Waals surface area contributed by atoms with Crippen LogP contribution in [0, 0.1) is 11.8 Å². The molecule has 0 atom stereocenters. The number of methoxy groups -OCH3 is 1. The number of fused-ring (bicyclic) bond motifs is 1. The summed E-state index contributed by atoms with van der Waals surface area (Å²) in [7, 11) is 1.57. The lowest BCUT2D eigenvalue weighted by Crippen LogP contribution is -2.48. The van der Waals surface area contributed by atoms with Gasteiger partial charge in [-0.2, -0.15) is 0 Å². The number of piperazine rings is 1. The molecule has 0 unspecified atom stereocenters. The molecule has 9 heteroatoms. The molecule has 1 N–H and O–H groups in total. The number of hydrogen-bond acceptors (Lipinski definition) is 7. The second-order valence-electron chi connectivity index (χ2n) is 11.2. The van der Waals surface area contributed by atoms with E-state index < -0.39 is 0 Å². The Morgan fingerprint density at radius 1 is 1.00 bits per heavy atom. The van der Waals surface area contributed by atoms with Crippen molar-refractivity contribution in [2.75, 3.05) is 44.7 Å². The number of aliphatic hydroxyl groups is 1. The summed E-state index contributed by atoms with van der Waals surface area (Å²) in [5, 5.41) is 10.4. The third-order valence-electron chi connectivity index (χ3n) is 8.56. The number of benzene rings is 1. The minimum absolute atomic E-state index is 0.108. The van der Waals surface area contributed by atoms with Crippen molar-refractivity contribution in [1.29, 1.82) is 0 Å². The number of hydrogen-bond donors (Lipinski definition) is 1. The predicted octanol–water partition coefficient (Wildman–Crippen LogP) is 5.12. The molecule has 0 amide bonds. The Hall–Kier alpha value is -3.20. The van der Waals surface area contributed by atoms with Gasteiger partial charge in [-0.25, -0.2) is 15.0 Å². The van der Waals surface area contributed by atoms with E-state index >= 15 is 0 Å². The first kappa shape index (κ1) is 27.0. The lowest BCUT2D eigenvalue weighted by Gasteiger charge is -2.38. The van der Waals surface area contributed by atoms with Crippen molar-refractivity contribution in [2.24, 2.45) is 11.8 Å². The number of imidazole rings is 1. The van der Waals surface area contributed by atoms with E-state index in [-0.39, 0.29) is 6.61 Å². The maximum absolute atomic E-state index is 9.91. The molecule has 1 aliphatic carbocycles. The van der Waals surface area contributed by atoms with Crippen LogP contribution in [0.5, 0.6) is 5.75 Å². The van der Waals surface area contributed by atoms with Crippen LogP contribution in [0.4, 0.5) is 5.95 Å². The molecular weight excluding hydrogens is 524 g/mol. The first-order chi connectivity index (χ1) is 19.6. The minimum Gasteiger partial charge on any atom is -0.495 e. The van der Waals surface area contributed by atoms with Gasteiger partial charge in [-0.05, 0) is 85.4 Å². The van der Waals surface area contributed by atoms with Crippen molar-refractivity contribution in [2.45, 2.75) is 38.7 Å². The maximum atomic E-state index is 9.91. The van der Waals surface area contributed by atoms with E-state index in [0.29, 0.717) is 10.8 Å². The van der Waals surface area contributed by atoms with E-state index in [1.165, 1.54) is 37.8 Å². The number of pyridine rings is 1. The Morgan fingerprint density at radius 3 is 2.48 bits per heavy atom. The zero-order chi connectivity index (χ0) is 27.5. The molecule has 0 bridgehead atoms. The second-order valence-corrected chi connectivity index (χ2v) is 11.6. The van der Waals surface area contributed by atoms with Crippen LogP contribution in [0.25, 0.3) is 16.9 Å². The van der Waals surface area contributed by atoms with Gasteiger partial charge in [-0.3, -0.25) is 4.90 Å². The van der Waals surface area contributed by atoms with Gasteiger partial charge in [0.25, 0.3) is 0 Å². The molecule has 2 fully saturated rings. The highest BCUT2D eigenvalue weighted by molar-refractivity contribution is 6.32. The largest absolute Gasteiger partial charge is 0.495 e. The molecule has 1 saturated carbocycles. The number of aromatic nitrogens is 4. The molecule has 1 aliphatic heterocycles. The number of halogens is 1. The topological polar surface area (TPSA) is 79.0 Å². The zero-order valence-corrected chi connectivity index (χ0v) is 23.8. The van der Waals surface area contributed by atoms with E-state index in [1.807, 2.05) is 35.1 Å². The average molecular weight is 561 g/mol. The van der Waals surface area contributed by atoms with Crippen molar-refractivity contribution in [3.63, 3.8) is 0 Å². The summed E-state index contributed by atoms with van der Waals surface area (Å²) in [4.78, 5) is 18.6. The minimum atomic E-state index is -0.108. The Balaban J connectivity index is 1.03. The van der Waals surface area contributed by atoms with E-state index in [4.69, 9.17) is 21.3 Å². The van der Waals surface area contributed by atoms with Crippen LogP contribution < -0.4 is 9.64 Å². The monoisotopic (exact) mass is 560 g/mol. The fourth-order valence-corrected chi connectivity index (χ4v) is 6.54. The Kier molecular flexibility index (Phi) is 8.18. The van der Waals surface area contributed by atoms with E-state index in [9.17, 15) is 5.11 Å². The van der Waals surface area contributed by atoms with Gasteiger partial charge in [-0.1, -0.05) is 11.6 Å². The smallest absolute Gasteiger partial charge is 0.225 e. The van der Waals surface area contributed by atoms with Crippen molar-refractivity contribution in [3.05, 3.63) is 71.3 Å². The molecule has 4 heterocycles. The number of rotatable bonds is 8. The zero-order valence-electron chi connectivity index (χ0n) is 23.0. The van der Waals surface area contributed by atoms with Crippen LogP contribution in [0.3, 0.4) is 0 Å². The van der Waals surface area contributed by atoms with Crippen molar-refractivity contribution >= 4 is 23.2 Å². The van der Waals surface area contributed by atoms with Crippen LogP contribution in [-0.2, 0) is 13.0 Å². The summed E-state index contributed by atoms with van der Waals surface area (Å²) in [6.45, 7) is 5.29. The van der Waals surface area contributed by atoms with Crippen molar-refractivity contribution in [3.8, 4) is 17.0 Å². The molecule has 1 saturated heterocycles. The van der Waals surface area contributed by atoms with Gasteiger partial charge >= 0.3 is 0 Å². The van der Waals surface area contributed by atoms with Crippen LogP contribution in [0.2, 0.25) is 5.02 Å². The quantitative estimate of drug-likeness (QED) is 0.320. The highest BCUT2D eigenvalue weighted by atomic mass is 35.5. The maximum Gasteiger partial charge on any atom is 0.225 e. The van der Waals surface area contributed by atoms with E-state index in [1.54, 1.807) is 13.2 Å². The first-order valence-electron chi connectivity index (χ1n) is 14.3. The molecule has 0 spiro atoms. The summed E-state index contributed by atoms with van der Waals surface area (Å²) in [6, 6.07) is 9.90. The average Bonchev–Trinajstić information content (AvgIpc) is 3.42. The molecule has 4 aromatic rings. The van der Waals surface area contributed by atoms with Crippen LogP contribution >= 0.6 is 11.6 Å². The number of nitrogens with zero attached hydrogens (tertiary/aromatic N) is 6. The summed E-state index contributed by atoms with van der Waals surface area (Å²) >= 11 is 6.38. The molecule has 40 heavy (non-hydrogen) atoms. The molecular formula is C31H37ClN6O2. The SMILES string of the molecule is COc1cc(CO)c(-c2cn3ccc(CC4CCC(CN5CCN(c6ncccn6)CC5)CC4)cc3n2)cc1Cl. The van der Waals surface area contributed by atoms with E-state index in [2.05, 4.69) is 38.1 Å². The van der Waals surface area contributed by atoms with E-state index in [0.717, 1.165) is 72.9 Å². The number of anilines is 1. The Morgan fingerprint density at radius 2 is 1.75 bits per heavy atom. The molecule has 2 aliphatic rings. The van der Waals surface area contributed by atoms with Gasteiger partial charge in [0, 0.05) is 63.1 Å². The van der Waals surface area contributed by atoms with Crippen molar-refractivity contribution in [1.82, 2.24) is 24.3 Å². The standard InChI is InChI=1S/C31H37ClN6O2/c1-40-29-17-25(21-39)26(18-27(29)32)28-20-38-10-7-24(16-30(38)35-28)15-22-3-5-23(6-4-22)19-36-11-13-37(14-12-36)31-33-8-2-9-34-31/h2,7-10,16-18,20,22-23,39H,3-6,11-15,19,21H2,1H3. The highest BCUT2D eigenvalue weighted by Crippen LogP contribution is 2.35. The molecule has 6 rings (SSSR count). The summed E-state index contributed by atoms with van der Waals surface area (Å²) in [6.07, 6.45) is 14.0. The number of ether oxygens (including phenoxy) is 1. The van der Waals surface area contributed by atoms with Gasteiger partial charge in [0.05, 0.1) is 24.4 Å². The lowest BCUT2D eigenvalue weighted by atomic mass is 9.79. The normalized spacial score (nSPS) is 20.2.